The van der Waals surface area contributed by atoms with Gasteiger partial charge in [0, 0.05) is 12.2 Å². The first-order valence-electron chi connectivity index (χ1n) is 4.32. The Balaban J connectivity index is 2.54. The van der Waals surface area contributed by atoms with Crippen LogP contribution in [0.15, 0.2) is 49.2 Å². The lowest BCUT2D eigenvalue weighted by Gasteiger charge is -2.07. The molecule has 1 nitrogen and oxygen atoms in total. The van der Waals surface area contributed by atoms with Crippen LogP contribution in [0.4, 0.5) is 0 Å². The molecule has 0 atom stereocenters. The van der Waals surface area contributed by atoms with Gasteiger partial charge in [-0.2, -0.15) is 0 Å². The number of hydrogen-bond acceptors (Lipinski definition) is 1. The highest BCUT2D eigenvalue weighted by Gasteiger charge is 1.95. The van der Waals surface area contributed by atoms with E-state index in [2.05, 4.69) is 30.6 Å². The Morgan fingerprint density at radius 1 is 1.23 bits per heavy atom. The van der Waals surface area contributed by atoms with Gasteiger partial charge in [0.25, 0.3) is 0 Å². The third-order valence-electron chi connectivity index (χ3n) is 1.79. The summed E-state index contributed by atoms with van der Waals surface area (Å²) in [6, 6.07) is 10.1. The monoisotopic (exact) mass is 173 g/mol. The predicted molar refractivity (Wildman–Crippen MR) is 58.3 cm³/mol. The maximum absolute atomic E-state index is 3.99. The Morgan fingerprint density at radius 3 is 2.38 bits per heavy atom. The first-order chi connectivity index (χ1) is 6.20. The summed E-state index contributed by atoms with van der Waals surface area (Å²) in [5, 5.41) is 3.15. The lowest BCUT2D eigenvalue weighted by Crippen LogP contribution is -2.12. The molecule has 0 aliphatic rings. The Kier molecular flexibility index (Phi) is 3.32. The van der Waals surface area contributed by atoms with Crippen molar-refractivity contribution in [1.29, 1.82) is 0 Å². The van der Waals surface area contributed by atoms with Crippen LogP contribution in [0.1, 0.15) is 12.5 Å². The quantitative estimate of drug-likeness (QED) is 0.738. The van der Waals surface area contributed by atoms with Gasteiger partial charge in [0.15, 0.2) is 0 Å². The predicted octanol–water partition coefficient (Wildman–Crippen LogP) is 2.82. The van der Waals surface area contributed by atoms with E-state index in [4.69, 9.17) is 0 Å². The number of benzene rings is 1. The highest BCUT2D eigenvalue weighted by atomic mass is 14.9. The van der Waals surface area contributed by atoms with Crippen molar-refractivity contribution in [2.75, 3.05) is 6.54 Å². The fourth-order valence-corrected chi connectivity index (χ4v) is 1.03. The number of hydrogen-bond donors (Lipinski definition) is 1. The topological polar surface area (TPSA) is 12.0 Å². The van der Waals surface area contributed by atoms with E-state index in [9.17, 15) is 0 Å². The molecule has 0 saturated heterocycles. The van der Waals surface area contributed by atoms with Crippen molar-refractivity contribution in [2.45, 2.75) is 6.92 Å². The van der Waals surface area contributed by atoms with Crippen LogP contribution in [-0.2, 0) is 0 Å². The number of allylic oxidation sites excluding steroid dienone is 1. The lowest BCUT2D eigenvalue weighted by atomic mass is 10.1. The third-order valence-corrected chi connectivity index (χ3v) is 1.79. The smallest absolute Gasteiger partial charge is 0.0397 e. The molecule has 0 fully saturated rings. The van der Waals surface area contributed by atoms with Crippen LogP contribution in [0.5, 0.6) is 0 Å². The van der Waals surface area contributed by atoms with Gasteiger partial charge in [0.1, 0.15) is 0 Å². The van der Waals surface area contributed by atoms with E-state index in [0.29, 0.717) is 0 Å². The zero-order valence-corrected chi connectivity index (χ0v) is 8.01. The SMILES string of the molecule is C=C(C)NCC(=C)c1ccccc1. The van der Waals surface area contributed by atoms with E-state index in [1.807, 2.05) is 25.1 Å². The van der Waals surface area contributed by atoms with Crippen LogP contribution < -0.4 is 5.32 Å². The molecule has 1 N–H and O–H groups in total. The molecule has 1 aromatic carbocycles. The van der Waals surface area contributed by atoms with Gasteiger partial charge in [0.05, 0.1) is 0 Å². The third kappa shape index (κ3) is 3.16. The summed E-state index contributed by atoms with van der Waals surface area (Å²) >= 11 is 0. The van der Waals surface area contributed by atoms with Crippen LogP contribution in [-0.4, -0.2) is 6.54 Å². The maximum Gasteiger partial charge on any atom is 0.0397 e. The zero-order valence-electron chi connectivity index (χ0n) is 8.01. The second-order valence-corrected chi connectivity index (χ2v) is 3.10. The summed E-state index contributed by atoms with van der Waals surface area (Å²) in [6.07, 6.45) is 0. The van der Waals surface area contributed by atoms with E-state index >= 15 is 0 Å². The second kappa shape index (κ2) is 4.51. The minimum Gasteiger partial charge on any atom is -0.385 e. The molecular formula is C12H15N. The lowest BCUT2D eigenvalue weighted by molar-refractivity contribution is 0.922. The molecule has 0 aliphatic carbocycles. The molecular weight excluding hydrogens is 158 g/mol. The molecule has 0 amide bonds. The molecule has 13 heavy (non-hydrogen) atoms. The Hall–Kier alpha value is -1.50. The fourth-order valence-electron chi connectivity index (χ4n) is 1.03. The van der Waals surface area contributed by atoms with Crippen LogP contribution in [0.3, 0.4) is 0 Å². The summed E-state index contributed by atoms with van der Waals surface area (Å²) in [4.78, 5) is 0. The zero-order chi connectivity index (χ0) is 9.68. The van der Waals surface area contributed by atoms with Crippen molar-refractivity contribution in [1.82, 2.24) is 5.32 Å². The average Bonchev–Trinajstić information content (AvgIpc) is 2.15. The largest absolute Gasteiger partial charge is 0.385 e. The van der Waals surface area contributed by atoms with Crippen molar-refractivity contribution >= 4 is 5.57 Å². The van der Waals surface area contributed by atoms with E-state index < -0.39 is 0 Å². The van der Waals surface area contributed by atoms with Gasteiger partial charge in [-0.15, -0.1) is 0 Å². The van der Waals surface area contributed by atoms with Crippen molar-refractivity contribution in [3.05, 3.63) is 54.8 Å². The molecule has 68 valence electrons. The van der Waals surface area contributed by atoms with Gasteiger partial charge >= 0.3 is 0 Å². The Labute approximate surface area is 79.8 Å². The molecule has 0 unspecified atom stereocenters. The van der Waals surface area contributed by atoms with Crippen molar-refractivity contribution < 1.29 is 0 Å². The van der Waals surface area contributed by atoms with E-state index in [1.54, 1.807) is 0 Å². The summed E-state index contributed by atoms with van der Waals surface area (Å²) in [5.74, 6) is 0. The maximum atomic E-state index is 3.99. The normalized spacial score (nSPS) is 9.31. The van der Waals surface area contributed by atoms with Gasteiger partial charge in [0.2, 0.25) is 0 Å². The van der Waals surface area contributed by atoms with Crippen LogP contribution in [0, 0.1) is 0 Å². The van der Waals surface area contributed by atoms with Gasteiger partial charge in [-0.05, 0) is 18.1 Å². The molecule has 0 aliphatic heterocycles. The highest BCUT2D eigenvalue weighted by molar-refractivity contribution is 5.64. The van der Waals surface area contributed by atoms with Crippen LogP contribution >= 0.6 is 0 Å². The molecule has 0 radical (unpaired) electrons. The Morgan fingerprint density at radius 2 is 1.85 bits per heavy atom. The van der Waals surface area contributed by atoms with Crippen LogP contribution in [0.2, 0.25) is 0 Å². The Bertz CT molecular complexity index is 298. The number of rotatable bonds is 4. The molecule has 0 heterocycles. The molecule has 0 bridgehead atoms. The minimum atomic E-state index is 0.763. The molecule has 0 saturated carbocycles. The van der Waals surface area contributed by atoms with Gasteiger partial charge < -0.3 is 5.32 Å². The van der Waals surface area contributed by atoms with Gasteiger partial charge in [-0.25, -0.2) is 0 Å². The second-order valence-electron chi connectivity index (χ2n) is 3.10. The fraction of sp³-hybridized carbons (Fsp3) is 0.167. The average molecular weight is 173 g/mol. The minimum absolute atomic E-state index is 0.763. The van der Waals surface area contributed by atoms with E-state index in [0.717, 1.165) is 17.8 Å². The summed E-state index contributed by atoms with van der Waals surface area (Å²) in [7, 11) is 0. The summed E-state index contributed by atoms with van der Waals surface area (Å²) in [5.41, 5.74) is 3.23. The molecule has 0 spiro atoms. The van der Waals surface area contributed by atoms with E-state index in [1.165, 1.54) is 5.56 Å². The molecule has 0 aromatic heterocycles. The highest BCUT2D eigenvalue weighted by Crippen LogP contribution is 2.10. The first kappa shape index (κ1) is 9.59. The molecule has 1 heteroatoms. The first-order valence-corrected chi connectivity index (χ1v) is 4.32. The number of nitrogens with one attached hydrogen (secondary N) is 1. The standard InChI is InChI=1S/C12H15N/c1-10(2)13-9-11(3)12-7-5-4-6-8-12/h4-8,13H,1,3,9H2,2H3. The van der Waals surface area contributed by atoms with Crippen molar-refractivity contribution in [2.24, 2.45) is 0 Å². The van der Waals surface area contributed by atoms with Crippen LogP contribution in [0.25, 0.3) is 5.57 Å². The van der Waals surface area contributed by atoms with Gasteiger partial charge in [-0.1, -0.05) is 43.5 Å². The van der Waals surface area contributed by atoms with E-state index in [-0.39, 0.29) is 0 Å². The van der Waals surface area contributed by atoms with Crippen molar-refractivity contribution in [3.8, 4) is 0 Å². The summed E-state index contributed by atoms with van der Waals surface area (Å²) < 4.78 is 0. The van der Waals surface area contributed by atoms with Crippen molar-refractivity contribution in [3.63, 3.8) is 0 Å². The summed E-state index contributed by atoms with van der Waals surface area (Å²) in [6.45, 7) is 10.5. The van der Waals surface area contributed by atoms with Gasteiger partial charge in [-0.3, -0.25) is 0 Å². The molecule has 1 aromatic rings. The molecule has 1 rings (SSSR count).